The largest absolute Gasteiger partial charge is 0.342 e. The quantitative estimate of drug-likeness (QED) is 0.889. The van der Waals surface area contributed by atoms with Crippen molar-refractivity contribution < 1.29 is 9.59 Å². The van der Waals surface area contributed by atoms with Crippen LogP contribution in [0, 0.1) is 5.92 Å². The Hall–Kier alpha value is -2.69. The zero-order valence-corrected chi connectivity index (χ0v) is 13.8. The van der Waals surface area contributed by atoms with Crippen molar-refractivity contribution in [3.63, 3.8) is 0 Å². The molecule has 1 aromatic heterocycles. The molecule has 1 saturated carbocycles. The molecule has 2 aromatic rings. The number of nitrogens with one attached hydrogen (secondary N) is 2. The molecular weight excluding hydrogens is 302 g/mol. The number of anilines is 1. The van der Waals surface area contributed by atoms with Gasteiger partial charge in [0.2, 0.25) is 11.8 Å². The fourth-order valence-corrected chi connectivity index (χ4v) is 2.71. The van der Waals surface area contributed by atoms with Crippen LogP contribution in [0.5, 0.6) is 0 Å². The van der Waals surface area contributed by atoms with Crippen molar-refractivity contribution >= 4 is 17.5 Å². The lowest BCUT2D eigenvalue weighted by atomic mass is 10.0. The molecule has 1 aliphatic carbocycles. The van der Waals surface area contributed by atoms with E-state index in [1.54, 1.807) is 26.2 Å². The molecule has 0 radical (unpaired) electrons. The number of benzene rings is 1. The summed E-state index contributed by atoms with van der Waals surface area (Å²) < 4.78 is 0. The average Bonchev–Trinajstić information content (AvgIpc) is 3.37. The summed E-state index contributed by atoms with van der Waals surface area (Å²) in [6, 6.07) is 13.1. The van der Waals surface area contributed by atoms with E-state index < -0.39 is 5.54 Å². The lowest BCUT2D eigenvalue weighted by Crippen LogP contribution is -2.52. The molecule has 5 nitrogen and oxygen atoms in total. The number of rotatable bonds is 5. The summed E-state index contributed by atoms with van der Waals surface area (Å²) in [7, 11) is 0. The number of aromatic nitrogens is 1. The van der Waals surface area contributed by atoms with Crippen molar-refractivity contribution in [1.82, 2.24) is 10.3 Å². The van der Waals surface area contributed by atoms with Gasteiger partial charge < -0.3 is 10.6 Å². The fourth-order valence-electron chi connectivity index (χ4n) is 2.71. The fraction of sp³-hybridized carbons (Fsp3) is 0.316. The van der Waals surface area contributed by atoms with Gasteiger partial charge in [-0.3, -0.25) is 14.6 Å². The molecule has 0 unspecified atom stereocenters. The maximum Gasteiger partial charge on any atom is 0.249 e. The van der Waals surface area contributed by atoms with Gasteiger partial charge in [-0.15, -0.1) is 0 Å². The molecule has 1 heterocycles. The number of nitrogens with zero attached hydrogens (tertiary/aromatic N) is 1. The van der Waals surface area contributed by atoms with E-state index in [1.807, 2.05) is 42.5 Å². The van der Waals surface area contributed by atoms with Gasteiger partial charge >= 0.3 is 0 Å². The lowest BCUT2D eigenvalue weighted by molar-refractivity contribution is -0.130. The van der Waals surface area contributed by atoms with Crippen molar-refractivity contribution in [2.75, 3.05) is 5.32 Å². The van der Waals surface area contributed by atoms with Crippen LogP contribution in [0.4, 0.5) is 5.69 Å². The Bertz CT molecular complexity index is 729. The first kappa shape index (κ1) is 16.2. The first-order chi connectivity index (χ1) is 11.5. The van der Waals surface area contributed by atoms with E-state index in [1.165, 1.54) is 0 Å². The van der Waals surface area contributed by atoms with Crippen molar-refractivity contribution in [2.24, 2.45) is 5.92 Å². The normalized spacial score (nSPS) is 19.4. The van der Waals surface area contributed by atoms with Crippen molar-refractivity contribution in [3.8, 4) is 0 Å². The van der Waals surface area contributed by atoms with Crippen LogP contribution >= 0.6 is 0 Å². The molecule has 2 amide bonds. The third-order valence-corrected chi connectivity index (χ3v) is 4.27. The summed E-state index contributed by atoms with van der Waals surface area (Å²) in [5, 5.41) is 5.69. The Balaban J connectivity index is 1.58. The molecule has 5 heteroatoms. The second-order valence-corrected chi connectivity index (χ2v) is 6.67. The van der Waals surface area contributed by atoms with Crippen LogP contribution in [-0.2, 0) is 9.59 Å². The zero-order chi connectivity index (χ0) is 17.2. The Morgan fingerprint density at radius 1 is 1.12 bits per heavy atom. The minimum absolute atomic E-state index is 0.0852. The van der Waals surface area contributed by atoms with Gasteiger partial charge in [0.25, 0.3) is 0 Å². The second-order valence-electron chi connectivity index (χ2n) is 6.67. The van der Waals surface area contributed by atoms with Gasteiger partial charge in [-0.05, 0) is 49.9 Å². The van der Waals surface area contributed by atoms with Gasteiger partial charge in [-0.2, -0.15) is 0 Å². The molecule has 1 aromatic carbocycles. The highest BCUT2D eigenvalue weighted by molar-refractivity contribution is 6.00. The standard InChI is InChI=1S/C19H21N3O2/c1-19(2,18(24)21-14-8-4-3-5-9-14)22-17(23)16-11-15(16)13-7-6-10-20-12-13/h3-10,12,15-16H,11H2,1-2H3,(H,21,24)(H,22,23)/t15-,16-/m0/s1. The zero-order valence-electron chi connectivity index (χ0n) is 13.8. The molecule has 24 heavy (non-hydrogen) atoms. The van der Waals surface area contributed by atoms with Crippen LogP contribution in [0.3, 0.4) is 0 Å². The predicted molar refractivity (Wildman–Crippen MR) is 92.4 cm³/mol. The molecule has 0 saturated heterocycles. The highest BCUT2D eigenvalue weighted by Gasteiger charge is 2.46. The summed E-state index contributed by atoms with van der Waals surface area (Å²) >= 11 is 0. The van der Waals surface area contributed by atoms with E-state index in [0.29, 0.717) is 5.69 Å². The minimum atomic E-state index is -0.977. The van der Waals surface area contributed by atoms with E-state index in [2.05, 4.69) is 15.6 Å². The topological polar surface area (TPSA) is 71.1 Å². The van der Waals surface area contributed by atoms with Gasteiger partial charge in [0, 0.05) is 24.0 Å². The van der Waals surface area contributed by atoms with Crippen LogP contribution in [0.1, 0.15) is 31.7 Å². The minimum Gasteiger partial charge on any atom is -0.342 e. The van der Waals surface area contributed by atoms with E-state index in [9.17, 15) is 9.59 Å². The number of hydrogen-bond donors (Lipinski definition) is 2. The third kappa shape index (κ3) is 3.62. The summed E-state index contributed by atoms with van der Waals surface area (Å²) in [4.78, 5) is 29.0. The van der Waals surface area contributed by atoms with E-state index in [0.717, 1.165) is 12.0 Å². The van der Waals surface area contributed by atoms with Crippen LogP contribution in [0.2, 0.25) is 0 Å². The van der Waals surface area contributed by atoms with Crippen molar-refractivity contribution in [2.45, 2.75) is 31.7 Å². The number of amides is 2. The molecular formula is C19H21N3O2. The summed E-state index contributed by atoms with van der Waals surface area (Å²) in [6.07, 6.45) is 4.32. The molecule has 124 valence electrons. The van der Waals surface area contributed by atoms with Gasteiger partial charge in [-0.1, -0.05) is 24.3 Å². The van der Waals surface area contributed by atoms with E-state index in [4.69, 9.17) is 0 Å². The first-order valence-electron chi connectivity index (χ1n) is 8.06. The van der Waals surface area contributed by atoms with Crippen LogP contribution in [0.25, 0.3) is 0 Å². The molecule has 2 N–H and O–H groups in total. The van der Waals surface area contributed by atoms with Gasteiger partial charge in [0.1, 0.15) is 5.54 Å². The van der Waals surface area contributed by atoms with Crippen molar-refractivity contribution in [3.05, 3.63) is 60.4 Å². The predicted octanol–water partition coefficient (Wildman–Crippen LogP) is 2.72. The Morgan fingerprint density at radius 2 is 1.88 bits per heavy atom. The molecule has 0 aliphatic heterocycles. The third-order valence-electron chi connectivity index (χ3n) is 4.27. The van der Waals surface area contributed by atoms with Gasteiger partial charge in [0.05, 0.1) is 0 Å². The molecule has 2 atom stereocenters. The Labute approximate surface area is 141 Å². The highest BCUT2D eigenvalue weighted by Crippen LogP contribution is 2.47. The van der Waals surface area contributed by atoms with Gasteiger partial charge in [-0.25, -0.2) is 0 Å². The monoisotopic (exact) mass is 323 g/mol. The molecule has 1 aliphatic rings. The second kappa shape index (κ2) is 6.43. The maximum atomic E-state index is 12.5. The summed E-state index contributed by atoms with van der Waals surface area (Å²) in [5.74, 6) is -0.206. The number of hydrogen-bond acceptors (Lipinski definition) is 3. The molecule has 0 spiro atoms. The Kier molecular flexibility index (Phi) is 4.34. The van der Waals surface area contributed by atoms with Gasteiger partial charge in [0.15, 0.2) is 0 Å². The number of carbonyl (C=O) groups excluding carboxylic acids is 2. The first-order valence-corrected chi connectivity index (χ1v) is 8.06. The molecule has 3 rings (SSSR count). The highest BCUT2D eigenvalue weighted by atomic mass is 16.2. The van der Waals surface area contributed by atoms with E-state index >= 15 is 0 Å². The van der Waals surface area contributed by atoms with Crippen LogP contribution in [-0.4, -0.2) is 22.3 Å². The smallest absolute Gasteiger partial charge is 0.249 e. The summed E-state index contributed by atoms with van der Waals surface area (Å²) in [5.41, 5.74) is 0.809. The van der Waals surface area contributed by atoms with Crippen LogP contribution < -0.4 is 10.6 Å². The van der Waals surface area contributed by atoms with Crippen LogP contribution in [0.15, 0.2) is 54.9 Å². The number of pyridine rings is 1. The van der Waals surface area contributed by atoms with Crippen molar-refractivity contribution in [1.29, 1.82) is 0 Å². The summed E-state index contributed by atoms with van der Waals surface area (Å²) in [6.45, 7) is 3.43. The number of para-hydroxylation sites is 1. The SMILES string of the molecule is CC(C)(NC(=O)[C@H]1C[C@H]1c1cccnc1)C(=O)Nc1ccccc1. The Morgan fingerprint density at radius 3 is 2.54 bits per heavy atom. The average molecular weight is 323 g/mol. The lowest BCUT2D eigenvalue weighted by Gasteiger charge is -2.25. The maximum absolute atomic E-state index is 12.5. The molecule has 0 bridgehead atoms. The van der Waals surface area contributed by atoms with E-state index in [-0.39, 0.29) is 23.7 Å². The number of carbonyl (C=O) groups is 2. The molecule has 1 fully saturated rings.